The monoisotopic (exact) mass is 248 g/mol. The van der Waals surface area contributed by atoms with Crippen molar-refractivity contribution in [2.24, 2.45) is 5.73 Å². The molecular weight excluding hydrogens is 228 g/mol. The third kappa shape index (κ3) is 3.01. The minimum absolute atomic E-state index is 0.0527. The number of carbonyl (C=O) groups excluding carboxylic acids is 1. The fourth-order valence-corrected chi connectivity index (χ4v) is 2.19. The van der Waals surface area contributed by atoms with E-state index in [2.05, 4.69) is 19.2 Å². The number of benzene rings is 1. The number of hydrogen-bond donors (Lipinski definition) is 2. The van der Waals surface area contributed by atoms with Crippen LogP contribution in [0.3, 0.4) is 0 Å². The molecule has 0 radical (unpaired) electrons. The third-order valence-corrected chi connectivity index (χ3v) is 2.85. The molecule has 18 heavy (non-hydrogen) atoms. The summed E-state index contributed by atoms with van der Waals surface area (Å²) in [6.45, 7) is 5.93. The number of nitrogens with one attached hydrogen (secondary N) is 1. The van der Waals surface area contributed by atoms with Crippen molar-refractivity contribution < 1.29 is 9.53 Å². The summed E-state index contributed by atoms with van der Waals surface area (Å²) in [5.74, 6) is 0.855. The van der Waals surface area contributed by atoms with Gasteiger partial charge in [0.05, 0.1) is 0 Å². The Balaban J connectivity index is 2.07. The van der Waals surface area contributed by atoms with Gasteiger partial charge in [-0.3, -0.25) is 4.79 Å². The first-order chi connectivity index (χ1) is 8.35. The van der Waals surface area contributed by atoms with Crippen LogP contribution in [0.4, 0.5) is 5.69 Å². The summed E-state index contributed by atoms with van der Waals surface area (Å²) in [6, 6.07) is 5.62. The molecule has 1 atom stereocenters. The second-order valence-corrected chi connectivity index (χ2v) is 5.59. The van der Waals surface area contributed by atoms with E-state index in [4.69, 9.17) is 10.5 Å². The Morgan fingerprint density at radius 3 is 2.94 bits per heavy atom. The highest BCUT2D eigenvalue weighted by molar-refractivity contribution is 5.91. The molecule has 1 aromatic carbocycles. The van der Waals surface area contributed by atoms with Crippen LogP contribution in [0, 0.1) is 0 Å². The van der Waals surface area contributed by atoms with E-state index in [1.807, 2.05) is 25.1 Å². The summed E-state index contributed by atoms with van der Waals surface area (Å²) in [5.41, 5.74) is 7.38. The van der Waals surface area contributed by atoms with Crippen LogP contribution in [-0.4, -0.2) is 17.6 Å². The number of hydrogen-bond acceptors (Lipinski definition) is 3. The lowest BCUT2D eigenvalue weighted by Crippen LogP contribution is -2.24. The van der Waals surface area contributed by atoms with Gasteiger partial charge in [-0.15, -0.1) is 0 Å². The van der Waals surface area contributed by atoms with Crippen LogP contribution in [0.5, 0.6) is 5.75 Å². The number of fused-ring (bicyclic) bond motifs is 1. The number of nitrogens with two attached hydrogens (primary N) is 1. The van der Waals surface area contributed by atoms with Crippen LogP contribution < -0.4 is 15.8 Å². The molecule has 3 N–H and O–H groups in total. The van der Waals surface area contributed by atoms with E-state index in [0.29, 0.717) is 6.42 Å². The van der Waals surface area contributed by atoms with Crippen molar-refractivity contribution in [1.29, 1.82) is 0 Å². The first kappa shape index (κ1) is 12.9. The number of anilines is 1. The molecule has 1 aliphatic rings. The summed E-state index contributed by atoms with van der Waals surface area (Å²) >= 11 is 0. The summed E-state index contributed by atoms with van der Waals surface area (Å²) < 4.78 is 5.79. The molecule has 4 nitrogen and oxygen atoms in total. The van der Waals surface area contributed by atoms with Crippen LogP contribution in [0.15, 0.2) is 18.2 Å². The molecule has 1 aliphatic heterocycles. The molecule has 0 aromatic heterocycles. The number of ether oxygens (including phenoxy) is 1. The van der Waals surface area contributed by atoms with Gasteiger partial charge in [0.25, 0.3) is 0 Å². The van der Waals surface area contributed by atoms with Crippen LogP contribution in [0.25, 0.3) is 0 Å². The topological polar surface area (TPSA) is 64.4 Å². The Hall–Kier alpha value is -1.55. The SMILES string of the molecule is CC(N)CC(=O)Nc1ccc2c(c1)CC(C)(C)O2. The Morgan fingerprint density at radius 1 is 1.56 bits per heavy atom. The smallest absolute Gasteiger partial charge is 0.225 e. The van der Waals surface area contributed by atoms with Crippen LogP contribution >= 0.6 is 0 Å². The molecule has 1 amide bonds. The van der Waals surface area contributed by atoms with E-state index in [9.17, 15) is 4.79 Å². The maximum atomic E-state index is 11.6. The van der Waals surface area contributed by atoms with Gasteiger partial charge in [-0.25, -0.2) is 0 Å². The summed E-state index contributed by atoms with van der Waals surface area (Å²) in [4.78, 5) is 11.6. The second kappa shape index (κ2) is 4.61. The molecule has 0 aliphatic carbocycles. The lowest BCUT2D eigenvalue weighted by molar-refractivity contribution is -0.116. The summed E-state index contributed by atoms with van der Waals surface area (Å²) in [6.07, 6.45) is 1.19. The van der Waals surface area contributed by atoms with E-state index in [0.717, 1.165) is 23.4 Å². The van der Waals surface area contributed by atoms with E-state index >= 15 is 0 Å². The lowest BCUT2D eigenvalue weighted by atomic mass is 10.0. The van der Waals surface area contributed by atoms with Crippen molar-refractivity contribution >= 4 is 11.6 Å². The lowest BCUT2D eigenvalue weighted by Gasteiger charge is -2.16. The standard InChI is InChI=1S/C14H20N2O2/c1-9(15)6-13(17)16-11-4-5-12-10(7-11)8-14(2,3)18-12/h4-5,7,9H,6,8,15H2,1-3H3,(H,16,17). The largest absolute Gasteiger partial charge is 0.487 e. The quantitative estimate of drug-likeness (QED) is 0.860. The van der Waals surface area contributed by atoms with Gasteiger partial charge in [0.15, 0.2) is 0 Å². The van der Waals surface area contributed by atoms with Gasteiger partial charge >= 0.3 is 0 Å². The highest BCUT2D eigenvalue weighted by Crippen LogP contribution is 2.36. The third-order valence-electron chi connectivity index (χ3n) is 2.85. The number of rotatable bonds is 3. The van der Waals surface area contributed by atoms with E-state index in [-0.39, 0.29) is 17.6 Å². The Kier molecular flexibility index (Phi) is 3.30. The molecule has 0 fully saturated rings. The van der Waals surface area contributed by atoms with Crippen LogP contribution in [-0.2, 0) is 11.2 Å². The van der Waals surface area contributed by atoms with Crippen molar-refractivity contribution in [3.8, 4) is 5.75 Å². The Bertz CT molecular complexity index is 467. The molecule has 2 rings (SSSR count). The van der Waals surface area contributed by atoms with Crippen molar-refractivity contribution in [2.45, 2.75) is 45.3 Å². The Morgan fingerprint density at radius 2 is 2.28 bits per heavy atom. The van der Waals surface area contributed by atoms with Crippen molar-refractivity contribution in [2.75, 3.05) is 5.32 Å². The minimum atomic E-state index is -0.156. The van der Waals surface area contributed by atoms with Crippen molar-refractivity contribution in [3.05, 3.63) is 23.8 Å². The van der Waals surface area contributed by atoms with E-state index in [1.165, 1.54) is 0 Å². The highest BCUT2D eigenvalue weighted by atomic mass is 16.5. The summed E-state index contributed by atoms with van der Waals surface area (Å²) in [7, 11) is 0. The van der Waals surface area contributed by atoms with E-state index < -0.39 is 0 Å². The predicted octanol–water partition coefficient (Wildman–Crippen LogP) is 2.08. The molecule has 0 saturated heterocycles. The minimum Gasteiger partial charge on any atom is -0.487 e. The fraction of sp³-hybridized carbons (Fsp3) is 0.500. The van der Waals surface area contributed by atoms with Crippen LogP contribution in [0.1, 0.15) is 32.8 Å². The van der Waals surface area contributed by atoms with Gasteiger partial charge in [0.2, 0.25) is 5.91 Å². The molecular formula is C14H20N2O2. The van der Waals surface area contributed by atoms with Gasteiger partial charge in [-0.2, -0.15) is 0 Å². The molecule has 1 heterocycles. The van der Waals surface area contributed by atoms with E-state index in [1.54, 1.807) is 0 Å². The molecule has 4 heteroatoms. The molecule has 0 saturated carbocycles. The van der Waals surface area contributed by atoms with Crippen molar-refractivity contribution in [3.63, 3.8) is 0 Å². The average molecular weight is 248 g/mol. The maximum absolute atomic E-state index is 11.6. The van der Waals surface area contributed by atoms with Gasteiger partial charge < -0.3 is 15.8 Å². The maximum Gasteiger partial charge on any atom is 0.225 e. The molecule has 0 bridgehead atoms. The van der Waals surface area contributed by atoms with Gasteiger partial charge in [0, 0.05) is 30.1 Å². The highest BCUT2D eigenvalue weighted by Gasteiger charge is 2.29. The normalized spacial score (nSPS) is 17.8. The molecule has 1 aromatic rings. The number of amides is 1. The fourth-order valence-electron chi connectivity index (χ4n) is 2.19. The van der Waals surface area contributed by atoms with Gasteiger partial charge in [-0.1, -0.05) is 0 Å². The van der Waals surface area contributed by atoms with Crippen LogP contribution in [0.2, 0.25) is 0 Å². The molecule has 98 valence electrons. The Labute approximate surface area is 108 Å². The molecule has 1 unspecified atom stereocenters. The first-order valence-corrected chi connectivity index (χ1v) is 6.23. The zero-order valence-electron chi connectivity index (χ0n) is 11.1. The molecule has 0 spiro atoms. The first-order valence-electron chi connectivity index (χ1n) is 6.23. The second-order valence-electron chi connectivity index (χ2n) is 5.59. The number of carbonyl (C=O) groups is 1. The zero-order chi connectivity index (χ0) is 13.3. The predicted molar refractivity (Wildman–Crippen MR) is 71.7 cm³/mol. The van der Waals surface area contributed by atoms with Gasteiger partial charge in [-0.05, 0) is 39.0 Å². The zero-order valence-corrected chi connectivity index (χ0v) is 11.1. The van der Waals surface area contributed by atoms with Crippen molar-refractivity contribution in [1.82, 2.24) is 0 Å². The van der Waals surface area contributed by atoms with Gasteiger partial charge in [0.1, 0.15) is 11.4 Å². The average Bonchev–Trinajstić information content (AvgIpc) is 2.49. The summed E-state index contributed by atoms with van der Waals surface area (Å²) in [5, 5.41) is 2.86.